The first-order valence-electron chi connectivity index (χ1n) is 7.84. The monoisotopic (exact) mass is 370 g/mol. The van der Waals surface area contributed by atoms with Crippen LogP contribution in [0.2, 0.25) is 0 Å². The summed E-state index contributed by atoms with van der Waals surface area (Å²) in [6.07, 6.45) is 1.15. The van der Waals surface area contributed by atoms with Crippen LogP contribution in [0, 0.1) is 0 Å². The summed E-state index contributed by atoms with van der Waals surface area (Å²) < 4.78 is 32.9. The third-order valence-electron chi connectivity index (χ3n) is 4.19. The summed E-state index contributed by atoms with van der Waals surface area (Å²) in [6.45, 7) is 0.214. The maximum Gasteiger partial charge on any atom is 0.337 e. The maximum atomic E-state index is 13.2. The number of sulfonamides is 1. The van der Waals surface area contributed by atoms with Gasteiger partial charge in [0.05, 0.1) is 17.0 Å². The molecule has 1 aliphatic rings. The van der Waals surface area contributed by atoms with E-state index in [1.54, 1.807) is 18.2 Å². The van der Waals surface area contributed by atoms with E-state index in [0.717, 1.165) is 21.3 Å². The molecule has 4 rings (SSSR count). The molecule has 0 amide bonds. The number of ether oxygens (including phenoxy) is 1. The molecular formula is C18H14N2O5S. The van der Waals surface area contributed by atoms with Crippen molar-refractivity contribution in [3.05, 3.63) is 60.3 Å². The lowest BCUT2D eigenvalue weighted by atomic mass is 10.1. The van der Waals surface area contributed by atoms with E-state index in [9.17, 15) is 13.2 Å². The fourth-order valence-electron chi connectivity index (χ4n) is 2.90. The van der Waals surface area contributed by atoms with Gasteiger partial charge in [-0.25, -0.2) is 18.2 Å². The Hall–Kier alpha value is -3.13. The largest absolute Gasteiger partial charge is 0.478 e. The molecule has 7 nitrogen and oxygen atoms in total. The zero-order chi connectivity index (χ0) is 18.3. The molecule has 8 heteroatoms. The van der Waals surface area contributed by atoms with E-state index < -0.39 is 16.0 Å². The van der Waals surface area contributed by atoms with Crippen LogP contribution in [0.4, 0.5) is 5.69 Å². The predicted octanol–water partition coefficient (Wildman–Crippen LogP) is 2.52. The van der Waals surface area contributed by atoms with Crippen molar-refractivity contribution in [1.82, 2.24) is 4.98 Å². The van der Waals surface area contributed by atoms with Gasteiger partial charge in [-0.1, -0.05) is 30.3 Å². The summed E-state index contributed by atoms with van der Waals surface area (Å²) in [5.41, 5.74) is 0.0253. The van der Waals surface area contributed by atoms with E-state index in [2.05, 4.69) is 4.98 Å². The molecule has 0 spiro atoms. The van der Waals surface area contributed by atoms with E-state index in [0.29, 0.717) is 0 Å². The summed E-state index contributed by atoms with van der Waals surface area (Å²) in [7, 11) is -3.89. The first kappa shape index (κ1) is 16.3. The molecule has 1 aromatic heterocycles. The van der Waals surface area contributed by atoms with E-state index in [-0.39, 0.29) is 35.2 Å². The Bertz CT molecular complexity index is 1130. The van der Waals surface area contributed by atoms with Gasteiger partial charge >= 0.3 is 5.97 Å². The number of anilines is 1. The molecule has 0 radical (unpaired) electrons. The number of benzene rings is 2. The average Bonchev–Trinajstić information content (AvgIpc) is 2.66. The molecule has 0 atom stereocenters. The van der Waals surface area contributed by atoms with Crippen molar-refractivity contribution in [3.8, 4) is 5.88 Å². The zero-order valence-corrected chi connectivity index (χ0v) is 14.3. The smallest absolute Gasteiger partial charge is 0.337 e. The van der Waals surface area contributed by atoms with E-state index in [1.807, 2.05) is 24.3 Å². The van der Waals surface area contributed by atoms with Crippen molar-refractivity contribution in [2.75, 3.05) is 17.5 Å². The number of hydrogen-bond donors (Lipinski definition) is 1. The SMILES string of the molecule is O=C(O)c1cnc2c(c1)N(S(=O)(=O)c1ccc3ccccc3c1)CCO2. The molecule has 0 saturated heterocycles. The highest BCUT2D eigenvalue weighted by atomic mass is 32.2. The third kappa shape index (κ3) is 2.64. The van der Waals surface area contributed by atoms with Crippen LogP contribution in [0.5, 0.6) is 5.88 Å². The van der Waals surface area contributed by atoms with E-state index >= 15 is 0 Å². The number of aromatic nitrogens is 1. The summed E-state index contributed by atoms with van der Waals surface area (Å²) in [5.74, 6) is -1.08. The number of carboxylic acid groups (broad SMARTS) is 1. The first-order valence-corrected chi connectivity index (χ1v) is 9.28. The number of hydrogen-bond acceptors (Lipinski definition) is 5. The molecule has 0 aliphatic carbocycles. The lowest BCUT2D eigenvalue weighted by molar-refractivity contribution is 0.0696. The Morgan fingerprint density at radius 1 is 1.12 bits per heavy atom. The average molecular weight is 370 g/mol. The summed E-state index contributed by atoms with van der Waals surface area (Å²) >= 11 is 0. The zero-order valence-electron chi connectivity index (χ0n) is 13.5. The van der Waals surface area contributed by atoms with Gasteiger partial charge in [-0.05, 0) is 29.0 Å². The van der Waals surface area contributed by atoms with Gasteiger partial charge in [0.1, 0.15) is 12.3 Å². The van der Waals surface area contributed by atoms with Crippen molar-refractivity contribution in [3.63, 3.8) is 0 Å². The number of nitrogens with zero attached hydrogens (tertiary/aromatic N) is 2. The number of pyridine rings is 1. The number of carbonyl (C=O) groups is 1. The molecule has 0 unspecified atom stereocenters. The second-order valence-corrected chi connectivity index (χ2v) is 7.65. The minimum absolute atomic E-state index is 0.0763. The molecular weight excluding hydrogens is 356 g/mol. The standard InChI is InChI=1S/C18H14N2O5S/c21-18(22)14-10-16-17(19-11-14)25-8-7-20(16)26(23,24)15-6-5-12-3-1-2-4-13(12)9-15/h1-6,9-11H,7-8H2,(H,21,22). The van der Waals surface area contributed by atoms with Gasteiger partial charge in [0.15, 0.2) is 0 Å². The van der Waals surface area contributed by atoms with Crippen molar-refractivity contribution < 1.29 is 23.1 Å². The minimum atomic E-state index is -3.89. The van der Waals surface area contributed by atoms with Crippen molar-refractivity contribution in [2.45, 2.75) is 4.90 Å². The molecule has 0 fully saturated rings. The molecule has 0 bridgehead atoms. The summed E-state index contributed by atoms with van der Waals surface area (Å²) in [4.78, 5) is 15.3. The van der Waals surface area contributed by atoms with Gasteiger partial charge in [0.2, 0.25) is 5.88 Å². The topological polar surface area (TPSA) is 96.8 Å². The molecule has 1 N–H and O–H groups in total. The van der Waals surface area contributed by atoms with Gasteiger partial charge in [-0.3, -0.25) is 4.31 Å². The van der Waals surface area contributed by atoms with Crippen LogP contribution >= 0.6 is 0 Å². The highest BCUT2D eigenvalue weighted by molar-refractivity contribution is 7.92. The predicted molar refractivity (Wildman–Crippen MR) is 95.2 cm³/mol. The second-order valence-electron chi connectivity index (χ2n) is 5.79. The van der Waals surface area contributed by atoms with Crippen LogP contribution < -0.4 is 9.04 Å². The Labute approximate surface area is 149 Å². The third-order valence-corrected chi connectivity index (χ3v) is 6.00. The number of carboxylic acids is 1. The molecule has 132 valence electrons. The molecule has 1 aliphatic heterocycles. The van der Waals surface area contributed by atoms with Crippen LogP contribution in [0.1, 0.15) is 10.4 Å². The molecule has 3 aromatic rings. The van der Waals surface area contributed by atoms with Crippen LogP contribution in [0.15, 0.2) is 59.6 Å². The summed E-state index contributed by atoms with van der Waals surface area (Å²) in [6, 6.07) is 13.6. The number of rotatable bonds is 3. The first-order chi connectivity index (χ1) is 12.5. The van der Waals surface area contributed by atoms with E-state index in [4.69, 9.17) is 9.84 Å². The minimum Gasteiger partial charge on any atom is -0.478 e. The Morgan fingerprint density at radius 2 is 1.88 bits per heavy atom. The Kier molecular flexibility index (Phi) is 3.77. The number of aromatic carboxylic acids is 1. The van der Waals surface area contributed by atoms with Crippen LogP contribution in [-0.2, 0) is 10.0 Å². The lowest BCUT2D eigenvalue weighted by Gasteiger charge is -2.29. The van der Waals surface area contributed by atoms with Gasteiger partial charge in [-0.15, -0.1) is 0 Å². The van der Waals surface area contributed by atoms with Crippen LogP contribution in [0.3, 0.4) is 0 Å². The van der Waals surface area contributed by atoms with Crippen molar-refractivity contribution in [2.24, 2.45) is 0 Å². The lowest BCUT2D eigenvalue weighted by Crippen LogP contribution is -2.38. The maximum absolute atomic E-state index is 13.2. The normalized spacial score (nSPS) is 13.9. The Morgan fingerprint density at radius 3 is 2.65 bits per heavy atom. The summed E-state index contributed by atoms with van der Waals surface area (Å²) in [5, 5.41) is 10.9. The highest BCUT2D eigenvalue weighted by Crippen LogP contribution is 2.34. The van der Waals surface area contributed by atoms with Crippen molar-refractivity contribution >= 4 is 32.5 Å². The van der Waals surface area contributed by atoms with Gasteiger partial charge < -0.3 is 9.84 Å². The molecule has 2 heterocycles. The van der Waals surface area contributed by atoms with Gasteiger partial charge in [-0.2, -0.15) is 0 Å². The molecule has 2 aromatic carbocycles. The number of fused-ring (bicyclic) bond motifs is 2. The van der Waals surface area contributed by atoms with Gasteiger partial charge in [0, 0.05) is 6.20 Å². The van der Waals surface area contributed by atoms with Crippen LogP contribution in [0.25, 0.3) is 10.8 Å². The van der Waals surface area contributed by atoms with Crippen LogP contribution in [-0.4, -0.2) is 37.6 Å². The fourth-order valence-corrected chi connectivity index (χ4v) is 4.37. The van der Waals surface area contributed by atoms with Crippen molar-refractivity contribution in [1.29, 1.82) is 0 Å². The second kappa shape index (κ2) is 5.99. The molecule has 0 saturated carbocycles. The quantitative estimate of drug-likeness (QED) is 0.761. The fraction of sp³-hybridized carbons (Fsp3) is 0.111. The molecule has 26 heavy (non-hydrogen) atoms. The Balaban J connectivity index is 1.84. The van der Waals surface area contributed by atoms with Gasteiger partial charge in [0.25, 0.3) is 10.0 Å². The van der Waals surface area contributed by atoms with E-state index in [1.165, 1.54) is 6.07 Å². The highest BCUT2D eigenvalue weighted by Gasteiger charge is 2.31.